The number of benzene rings is 1. The van der Waals surface area contributed by atoms with Gasteiger partial charge in [-0.1, -0.05) is 31.0 Å². The van der Waals surface area contributed by atoms with E-state index in [2.05, 4.69) is 10.6 Å². The van der Waals surface area contributed by atoms with E-state index in [-0.39, 0.29) is 18.3 Å². The van der Waals surface area contributed by atoms with Crippen molar-refractivity contribution in [3.63, 3.8) is 0 Å². The molecule has 3 rings (SSSR count). The Kier molecular flexibility index (Phi) is 7.99. The molecule has 0 radical (unpaired) electrons. The van der Waals surface area contributed by atoms with Gasteiger partial charge in [-0.3, -0.25) is 4.79 Å². The Labute approximate surface area is 176 Å². The van der Waals surface area contributed by atoms with Gasteiger partial charge in [0, 0.05) is 19.1 Å². The molecule has 2 fully saturated rings. The van der Waals surface area contributed by atoms with Gasteiger partial charge in [-0.2, -0.15) is 13.2 Å². The van der Waals surface area contributed by atoms with Crippen molar-refractivity contribution in [3.8, 4) is 0 Å². The maximum atomic E-state index is 13.2. The quantitative estimate of drug-likeness (QED) is 0.709. The third-order valence-corrected chi connectivity index (χ3v) is 6.41. The van der Waals surface area contributed by atoms with Crippen molar-refractivity contribution in [2.45, 2.75) is 50.1 Å². The van der Waals surface area contributed by atoms with Crippen LogP contribution in [0.5, 0.6) is 0 Å². The summed E-state index contributed by atoms with van der Waals surface area (Å²) in [7, 11) is 1.60. The summed E-state index contributed by atoms with van der Waals surface area (Å²) >= 11 is 0. The Bertz CT molecular complexity index is 679. The molecule has 1 heterocycles. The molecule has 2 N–H and O–H groups in total. The van der Waals surface area contributed by atoms with Crippen LogP contribution in [0, 0.1) is 5.41 Å². The van der Waals surface area contributed by atoms with Crippen LogP contribution in [-0.4, -0.2) is 39.3 Å². The number of hydrogen-bond donors (Lipinski definition) is 2. The van der Waals surface area contributed by atoms with Gasteiger partial charge >= 0.3 is 6.18 Å². The molecule has 1 saturated carbocycles. The SMILES string of the molecule is COCC1(C(=O)NCC2(c3cccc(C(F)(F)F)c3)CCCC2)CCNCC1.Cl. The predicted octanol–water partition coefficient (Wildman–Crippen LogP) is 4.07. The van der Waals surface area contributed by atoms with E-state index in [4.69, 9.17) is 4.74 Å². The molecule has 8 heteroatoms. The molecule has 4 nitrogen and oxygen atoms in total. The topological polar surface area (TPSA) is 50.4 Å². The molecule has 1 aromatic rings. The van der Waals surface area contributed by atoms with E-state index in [0.717, 1.165) is 44.8 Å². The smallest absolute Gasteiger partial charge is 0.384 e. The van der Waals surface area contributed by atoms with Gasteiger partial charge in [-0.15, -0.1) is 12.4 Å². The minimum Gasteiger partial charge on any atom is -0.384 e. The molecule has 164 valence electrons. The van der Waals surface area contributed by atoms with Crippen molar-refractivity contribution in [1.82, 2.24) is 10.6 Å². The number of alkyl halides is 3. The van der Waals surface area contributed by atoms with Gasteiger partial charge in [0.05, 0.1) is 17.6 Å². The van der Waals surface area contributed by atoms with Crippen LogP contribution in [0.25, 0.3) is 0 Å². The van der Waals surface area contributed by atoms with Gasteiger partial charge in [-0.25, -0.2) is 0 Å². The summed E-state index contributed by atoms with van der Waals surface area (Å²) in [5.74, 6) is -0.0471. The van der Waals surface area contributed by atoms with Crippen LogP contribution in [0.15, 0.2) is 24.3 Å². The lowest BCUT2D eigenvalue weighted by Gasteiger charge is -2.37. The fourth-order valence-electron chi connectivity index (χ4n) is 4.70. The molecule has 1 aliphatic heterocycles. The van der Waals surface area contributed by atoms with Crippen LogP contribution >= 0.6 is 12.4 Å². The Morgan fingerprint density at radius 2 is 1.83 bits per heavy atom. The van der Waals surface area contributed by atoms with E-state index in [9.17, 15) is 18.0 Å². The lowest BCUT2D eigenvalue weighted by atomic mass is 9.76. The molecular weight excluding hydrogens is 405 g/mol. The maximum absolute atomic E-state index is 13.2. The van der Waals surface area contributed by atoms with E-state index in [1.807, 2.05) is 0 Å². The average molecular weight is 435 g/mol. The molecule has 1 aromatic carbocycles. The second-order valence-electron chi connectivity index (χ2n) is 8.21. The average Bonchev–Trinajstić information content (AvgIpc) is 3.17. The van der Waals surface area contributed by atoms with Crippen molar-refractivity contribution in [2.24, 2.45) is 5.41 Å². The van der Waals surface area contributed by atoms with Crippen molar-refractivity contribution in [1.29, 1.82) is 0 Å². The summed E-state index contributed by atoms with van der Waals surface area (Å²) in [6.45, 7) is 2.24. The monoisotopic (exact) mass is 434 g/mol. The minimum atomic E-state index is -4.36. The Morgan fingerprint density at radius 1 is 1.17 bits per heavy atom. The molecule has 1 aliphatic carbocycles. The first-order valence-corrected chi connectivity index (χ1v) is 9.97. The van der Waals surface area contributed by atoms with Crippen molar-refractivity contribution >= 4 is 18.3 Å². The zero-order valence-corrected chi connectivity index (χ0v) is 17.6. The fraction of sp³-hybridized carbons (Fsp3) is 0.667. The Hall–Kier alpha value is -1.31. The van der Waals surface area contributed by atoms with Gasteiger partial charge in [-0.05, 0) is 50.4 Å². The normalized spacial score (nSPS) is 20.7. The number of methoxy groups -OCH3 is 1. The molecule has 0 atom stereocenters. The number of carbonyl (C=O) groups excluding carboxylic acids is 1. The van der Waals surface area contributed by atoms with Gasteiger partial charge in [0.15, 0.2) is 0 Å². The van der Waals surface area contributed by atoms with Gasteiger partial charge in [0.25, 0.3) is 0 Å². The van der Waals surface area contributed by atoms with Crippen LogP contribution < -0.4 is 10.6 Å². The summed E-state index contributed by atoms with van der Waals surface area (Å²) in [6, 6.07) is 5.60. The summed E-state index contributed by atoms with van der Waals surface area (Å²) in [5, 5.41) is 6.35. The molecule has 29 heavy (non-hydrogen) atoms. The maximum Gasteiger partial charge on any atom is 0.416 e. The Morgan fingerprint density at radius 3 is 2.41 bits per heavy atom. The van der Waals surface area contributed by atoms with E-state index >= 15 is 0 Å². The number of rotatable bonds is 6. The second-order valence-corrected chi connectivity index (χ2v) is 8.21. The molecule has 0 bridgehead atoms. The van der Waals surface area contributed by atoms with Crippen LogP contribution in [0.4, 0.5) is 13.2 Å². The molecule has 0 aromatic heterocycles. The lowest BCUT2D eigenvalue weighted by Crippen LogP contribution is -2.52. The number of nitrogens with one attached hydrogen (secondary N) is 2. The van der Waals surface area contributed by atoms with E-state index in [0.29, 0.717) is 31.6 Å². The van der Waals surface area contributed by atoms with Crippen LogP contribution in [0.1, 0.15) is 49.7 Å². The van der Waals surface area contributed by atoms with Crippen molar-refractivity contribution < 1.29 is 22.7 Å². The highest BCUT2D eigenvalue weighted by Crippen LogP contribution is 2.42. The van der Waals surface area contributed by atoms with Crippen molar-refractivity contribution in [3.05, 3.63) is 35.4 Å². The number of hydrogen-bond acceptors (Lipinski definition) is 3. The third-order valence-electron chi connectivity index (χ3n) is 6.41. The minimum absolute atomic E-state index is 0. The zero-order chi connectivity index (χ0) is 20.3. The predicted molar refractivity (Wildman–Crippen MR) is 108 cm³/mol. The number of carbonyl (C=O) groups is 1. The lowest BCUT2D eigenvalue weighted by molar-refractivity contribution is -0.138. The highest BCUT2D eigenvalue weighted by atomic mass is 35.5. The summed E-state index contributed by atoms with van der Waals surface area (Å²) < 4.78 is 44.9. The molecule has 1 saturated heterocycles. The summed E-state index contributed by atoms with van der Waals surface area (Å²) in [6.07, 6.45) is 0.516. The third kappa shape index (κ3) is 5.25. The first kappa shape index (κ1) is 24.0. The Balaban J connectivity index is 0.00000300. The second kappa shape index (κ2) is 9.67. The molecular formula is C21H30ClF3N2O2. The number of amides is 1. The first-order valence-electron chi connectivity index (χ1n) is 9.97. The van der Waals surface area contributed by atoms with Crippen molar-refractivity contribution in [2.75, 3.05) is 33.4 Å². The summed E-state index contributed by atoms with van der Waals surface area (Å²) in [5.41, 5.74) is -0.950. The summed E-state index contributed by atoms with van der Waals surface area (Å²) in [4.78, 5) is 13.1. The molecule has 0 unspecified atom stereocenters. The molecule has 0 spiro atoms. The first-order chi connectivity index (χ1) is 13.3. The number of ether oxygens (including phenoxy) is 1. The largest absolute Gasteiger partial charge is 0.416 e. The fourth-order valence-corrected chi connectivity index (χ4v) is 4.70. The number of halogens is 4. The van der Waals surface area contributed by atoms with Crippen LogP contribution in [0.3, 0.4) is 0 Å². The zero-order valence-electron chi connectivity index (χ0n) is 16.7. The highest BCUT2D eigenvalue weighted by Gasteiger charge is 2.42. The number of piperidine rings is 1. The molecule has 1 amide bonds. The molecule has 2 aliphatic rings. The highest BCUT2D eigenvalue weighted by molar-refractivity contribution is 5.85. The van der Waals surface area contributed by atoms with E-state index in [1.54, 1.807) is 13.2 Å². The standard InChI is InChI=1S/C21H29F3N2O2.ClH/c1-28-15-20(9-11-25-12-10-20)18(27)26-14-19(7-2-3-8-19)16-5-4-6-17(13-16)21(22,23)24;/h4-6,13,25H,2-3,7-12,14-15H2,1H3,(H,26,27);1H. The van der Waals surface area contributed by atoms with Crippen LogP contribution in [0.2, 0.25) is 0 Å². The van der Waals surface area contributed by atoms with Gasteiger partial charge < -0.3 is 15.4 Å². The van der Waals surface area contributed by atoms with Crippen LogP contribution in [-0.2, 0) is 21.1 Å². The van der Waals surface area contributed by atoms with Gasteiger partial charge in [0.2, 0.25) is 5.91 Å². The van der Waals surface area contributed by atoms with E-state index < -0.39 is 22.6 Å². The van der Waals surface area contributed by atoms with Gasteiger partial charge in [0.1, 0.15) is 0 Å². The van der Waals surface area contributed by atoms with E-state index in [1.165, 1.54) is 12.1 Å².